The van der Waals surface area contributed by atoms with Gasteiger partial charge in [-0.1, -0.05) is 30.7 Å². The second-order valence-corrected chi connectivity index (χ2v) is 4.69. The molecule has 0 radical (unpaired) electrons. The summed E-state index contributed by atoms with van der Waals surface area (Å²) < 4.78 is 0. The highest BCUT2D eigenvalue weighted by Gasteiger charge is 2.53. The van der Waals surface area contributed by atoms with Gasteiger partial charge in [0.25, 0.3) is 0 Å². The van der Waals surface area contributed by atoms with E-state index in [9.17, 15) is 19.5 Å². The molecule has 0 aliphatic heterocycles. The number of carbonyl (C=O) groups excluding carboxylic acids is 2. The fourth-order valence-electron chi connectivity index (χ4n) is 2.43. The molecular weight excluding hydrogens is 246 g/mol. The molecule has 0 spiro atoms. The van der Waals surface area contributed by atoms with Crippen molar-refractivity contribution in [2.75, 3.05) is 6.54 Å². The van der Waals surface area contributed by atoms with E-state index < -0.39 is 23.0 Å². The Bertz CT molecular complexity index is 498. The maximum atomic E-state index is 12.4. The molecular formula is C14H15NO4. The second-order valence-electron chi connectivity index (χ2n) is 4.69. The molecule has 1 aromatic rings. The Hall–Kier alpha value is -2.01. The first-order valence-corrected chi connectivity index (χ1v) is 6.17. The normalized spacial score (nSPS) is 16.5. The summed E-state index contributed by atoms with van der Waals surface area (Å²) >= 11 is 0. The number of aliphatic carboxylic acids is 1. The van der Waals surface area contributed by atoms with Crippen molar-refractivity contribution in [3.05, 3.63) is 35.4 Å². The lowest BCUT2D eigenvalue weighted by atomic mass is 9.73. The van der Waals surface area contributed by atoms with Crippen molar-refractivity contribution in [2.45, 2.75) is 19.3 Å². The quantitative estimate of drug-likeness (QED) is 0.614. The average Bonchev–Trinajstić information content (AvgIpc) is 2.57. The predicted molar refractivity (Wildman–Crippen MR) is 68.1 cm³/mol. The number of nitrogens with two attached hydrogens (primary N) is 1. The lowest BCUT2D eigenvalue weighted by Crippen LogP contribution is -2.45. The molecule has 0 aromatic heterocycles. The van der Waals surface area contributed by atoms with Gasteiger partial charge in [-0.05, 0) is 19.4 Å². The first kappa shape index (κ1) is 13.4. The summed E-state index contributed by atoms with van der Waals surface area (Å²) in [6.45, 7) is 0.404. The summed E-state index contributed by atoms with van der Waals surface area (Å²) in [6, 6.07) is 6.01. The predicted octanol–water partition coefficient (Wildman–Crippen LogP) is 1.27. The number of ketones is 2. The Balaban J connectivity index is 2.48. The first-order valence-electron chi connectivity index (χ1n) is 6.17. The third-order valence-electron chi connectivity index (χ3n) is 3.56. The molecule has 2 aliphatic carbocycles. The van der Waals surface area contributed by atoms with E-state index in [1.54, 1.807) is 0 Å². The van der Waals surface area contributed by atoms with Gasteiger partial charge in [0.2, 0.25) is 0 Å². The van der Waals surface area contributed by atoms with Gasteiger partial charge in [-0.2, -0.15) is 0 Å². The van der Waals surface area contributed by atoms with Crippen LogP contribution >= 0.6 is 0 Å². The van der Waals surface area contributed by atoms with Crippen LogP contribution in [-0.2, 0) is 4.79 Å². The Labute approximate surface area is 110 Å². The number of unbranched alkanes of at least 4 members (excludes halogenated alkanes) is 1. The van der Waals surface area contributed by atoms with Crippen LogP contribution in [0.4, 0.5) is 0 Å². The van der Waals surface area contributed by atoms with Crippen LogP contribution in [0, 0.1) is 5.41 Å². The lowest BCUT2D eigenvalue weighted by molar-refractivity contribution is -0.143. The Morgan fingerprint density at radius 1 is 1.05 bits per heavy atom. The van der Waals surface area contributed by atoms with Crippen molar-refractivity contribution in [1.29, 1.82) is 0 Å². The van der Waals surface area contributed by atoms with Gasteiger partial charge in [-0.3, -0.25) is 14.4 Å². The number of rotatable bonds is 5. The number of hydrogen-bond donors (Lipinski definition) is 2. The zero-order chi connectivity index (χ0) is 14.0. The van der Waals surface area contributed by atoms with E-state index in [1.165, 1.54) is 24.3 Å². The largest absolute Gasteiger partial charge is 0.480 e. The topological polar surface area (TPSA) is 97.5 Å². The van der Waals surface area contributed by atoms with Gasteiger partial charge in [0, 0.05) is 11.1 Å². The molecule has 5 nitrogen and oxygen atoms in total. The monoisotopic (exact) mass is 261 g/mol. The molecule has 0 heterocycles. The van der Waals surface area contributed by atoms with Crippen LogP contribution in [0.15, 0.2) is 24.3 Å². The third-order valence-corrected chi connectivity index (χ3v) is 3.56. The molecule has 19 heavy (non-hydrogen) atoms. The Kier molecular flexibility index (Phi) is 3.48. The highest BCUT2D eigenvalue weighted by atomic mass is 16.4. The minimum absolute atomic E-state index is 0.00639. The van der Waals surface area contributed by atoms with Gasteiger partial charge in [0.1, 0.15) is 0 Å². The van der Waals surface area contributed by atoms with E-state index in [-0.39, 0.29) is 17.5 Å². The molecule has 5 heteroatoms. The SMILES string of the molecule is NCCCCC1(C(=O)O)C(=O)c2ccc(cc2)C1=O. The van der Waals surface area contributed by atoms with Gasteiger partial charge in [-0.25, -0.2) is 0 Å². The van der Waals surface area contributed by atoms with Crippen molar-refractivity contribution in [3.8, 4) is 0 Å². The van der Waals surface area contributed by atoms with E-state index in [0.717, 1.165) is 0 Å². The summed E-state index contributed by atoms with van der Waals surface area (Å²) in [5, 5.41) is 9.46. The minimum Gasteiger partial charge on any atom is -0.480 e. The number of carboxylic acids is 1. The standard InChI is InChI=1S/C14H15NO4/c15-8-2-1-7-14(13(18)19)11(16)9-3-4-10(6-5-9)12(14)17/h3-6H,1-2,7-8,15H2,(H,18,19). The van der Waals surface area contributed by atoms with Crippen LogP contribution in [0.1, 0.15) is 40.0 Å². The summed E-state index contributed by atoms with van der Waals surface area (Å²) in [7, 11) is 0. The number of carboxylic acid groups (broad SMARTS) is 1. The number of Topliss-reactive ketones (excluding diaryl/α,β-unsaturated/α-hetero) is 2. The Morgan fingerprint density at radius 3 is 1.89 bits per heavy atom. The Morgan fingerprint density at radius 2 is 1.53 bits per heavy atom. The van der Waals surface area contributed by atoms with E-state index in [4.69, 9.17) is 5.73 Å². The van der Waals surface area contributed by atoms with Gasteiger partial charge < -0.3 is 10.8 Å². The van der Waals surface area contributed by atoms with Crippen molar-refractivity contribution in [1.82, 2.24) is 0 Å². The highest BCUT2D eigenvalue weighted by Crippen LogP contribution is 2.36. The molecule has 0 unspecified atom stereocenters. The molecule has 0 fully saturated rings. The van der Waals surface area contributed by atoms with Crippen molar-refractivity contribution in [2.24, 2.45) is 11.1 Å². The first-order chi connectivity index (χ1) is 9.04. The number of carbonyl (C=O) groups is 3. The lowest BCUT2D eigenvalue weighted by Gasteiger charge is -2.24. The van der Waals surface area contributed by atoms with E-state index >= 15 is 0 Å². The van der Waals surface area contributed by atoms with Crippen molar-refractivity contribution < 1.29 is 19.5 Å². The molecule has 3 rings (SSSR count). The van der Waals surface area contributed by atoms with E-state index in [2.05, 4.69) is 0 Å². The number of hydrogen-bond acceptors (Lipinski definition) is 4. The fourth-order valence-corrected chi connectivity index (χ4v) is 2.43. The van der Waals surface area contributed by atoms with Crippen LogP contribution < -0.4 is 5.73 Å². The highest BCUT2D eigenvalue weighted by molar-refractivity contribution is 6.31. The summed E-state index contributed by atoms with van der Waals surface area (Å²) in [4.78, 5) is 36.4. The van der Waals surface area contributed by atoms with Crippen molar-refractivity contribution in [3.63, 3.8) is 0 Å². The van der Waals surface area contributed by atoms with Gasteiger partial charge in [0.15, 0.2) is 17.0 Å². The average molecular weight is 261 g/mol. The van der Waals surface area contributed by atoms with Crippen LogP contribution in [0.3, 0.4) is 0 Å². The maximum absolute atomic E-state index is 12.4. The van der Waals surface area contributed by atoms with Crippen LogP contribution in [-0.4, -0.2) is 29.2 Å². The fraction of sp³-hybridized carbons (Fsp3) is 0.357. The van der Waals surface area contributed by atoms with Gasteiger partial charge >= 0.3 is 5.97 Å². The van der Waals surface area contributed by atoms with Crippen LogP contribution in [0.2, 0.25) is 0 Å². The van der Waals surface area contributed by atoms with Gasteiger partial charge in [-0.15, -0.1) is 0 Å². The molecule has 0 amide bonds. The molecule has 0 atom stereocenters. The second kappa shape index (κ2) is 4.93. The zero-order valence-corrected chi connectivity index (χ0v) is 10.4. The summed E-state index contributed by atoms with van der Waals surface area (Å²) in [6.07, 6.45) is 1.01. The smallest absolute Gasteiger partial charge is 0.325 e. The zero-order valence-electron chi connectivity index (χ0n) is 10.4. The molecule has 2 aliphatic rings. The van der Waals surface area contributed by atoms with Gasteiger partial charge in [0.05, 0.1) is 0 Å². The molecule has 3 N–H and O–H groups in total. The summed E-state index contributed by atoms with van der Waals surface area (Å²) in [5.74, 6) is -2.62. The van der Waals surface area contributed by atoms with Crippen molar-refractivity contribution >= 4 is 17.5 Å². The summed E-state index contributed by atoms with van der Waals surface area (Å²) in [5.41, 5.74) is 3.94. The molecule has 2 bridgehead atoms. The number of fused-ring (bicyclic) bond motifs is 4. The third kappa shape index (κ3) is 1.96. The molecule has 0 saturated heterocycles. The molecule has 100 valence electrons. The van der Waals surface area contributed by atoms with Crippen LogP contribution in [0.25, 0.3) is 0 Å². The molecule has 1 aromatic carbocycles. The van der Waals surface area contributed by atoms with E-state index in [1.807, 2.05) is 0 Å². The molecule has 0 saturated carbocycles. The number of benzene rings is 1. The maximum Gasteiger partial charge on any atom is 0.325 e. The van der Waals surface area contributed by atoms with E-state index in [0.29, 0.717) is 19.4 Å². The van der Waals surface area contributed by atoms with Crippen LogP contribution in [0.5, 0.6) is 0 Å². The minimum atomic E-state index is -1.98.